The van der Waals surface area contributed by atoms with E-state index in [1.165, 1.54) is 27.0 Å². The molecule has 2 aromatic heterocycles. The second kappa shape index (κ2) is 17.9. The zero-order valence-electron chi connectivity index (χ0n) is 32.4. The Bertz CT molecular complexity index is 1930. The molecule has 19 heteroatoms. The van der Waals surface area contributed by atoms with Gasteiger partial charge in [-0.25, -0.2) is 19.7 Å². The number of nitrogens with zero attached hydrogens (tertiary/aromatic N) is 6. The van der Waals surface area contributed by atoms with Gasteiger partial charge in [0.15, 0.2) is 23.2 Å². The minimum Gasteiger partial charge on any atom is -0.445 e. The summed E-state index contributed by atoms with van der Waals surface area (Å²) in [5, 5.41) is 38.6. The van der Waals surface area contributed by atoms with Gasteiger partial charge in [0, 0.05) is 13.1 Å². The van der Waals surface area contributed by atoms with E-state index in [-0.39, 0.29) is 42.0 Å². The third-order valence-corrected chi connectivity index (χ3v) is 10.7. The van der Waals surface area contributed by atoms with Crippen LogP contribution in [-0.4, -0.2) is 137 Å². The number of hydrogen-bond acceptors (Lipinski definition) is 13. The third-order valence-electron chi connectivity index (χ3n) is 10.7. The van der Waals surface area contributed by atoms with Crippen molar-refractivity contribution >= 4 is 46.7 Å². The second-order valence-corrected chi connectivity index (χ2v) is 15.3. The molecule has 0 saturated carbocycles. The van der Waals surface area contributed by atoms with Gasteiger partial charge in [0.2, 0.25) is 23.6 Å². The summed E-state index contributed by atoms with van der Waals surface area (Å²) in [6.07, 6.45) is -1.30. The molecule has 3 aromatic rings. The summed E-state index contributed by atoms with van der Waals surface area (Å²) in [5.41, 5.74) is 1.15. The quantitative estimate of drug-likeness (QED) is 0.138. The molecule has 0 aliphatic carbocycles. The van der Waals surface area contributed by atoms with Gasteiger partial charge in [-0.15, -0.1) is 0 Å². The predicted molar refractivity (Wildman–Crippen MR) is 202 cm³/mol. The van der Waals surface area contributed by atoms with E-state index in [0.717, 1.165) is 5.56 Å². The Morgan fingerprint density at radius 1 is 0.842 bits per heavy atom. The number of alkyl carbamates (subject to hydrolysis) is 1. The van der Waals surface area contributed by atoms with Crippen molar-refractivity contribution in [3.8, 4) is 0 Å². The molecule has 5 amide bonds. The van der Waals surface area contributed by atoms with E-state index in [0.29, 0.717) is 32.2 Å². The highest BCUT2D eigenvalue weighted by Gasteiger charge is 2.45. The summed E-state index contributed by atoms with van der Waals surface area (Å²) >= 11 is 0. The number of nitrogens with one attached hydrogen (secondary N) is 3. The van der Waals surface area contributed by atoms with Crippen molar-refractivity contribution in [1.29, 1.82) is 0 Å². The van der Waals surface area contributed by atoms with E-state index in [1.807, 2.05) is 30.3 Å². The van der Waals surface area contributed by atoms with Gasteiger partial charge in [-0.05, 0) is 43.1 Å². The molecule has 6 N–H and O–H groups in total. The summed E-state index contributed by atoms with van der Waals surface area (Å²) in [7, 11) is 0. The fourth-order valence-electron chi connectivity index (χ4n) is 7.57. The molecule has 19 nitrogen and oxygen atoms in total. The summed E-state index contributed by atoms with van der Waals surface area (Å²) < 4.78 is 12.3. The number of amides is 5. The van der Waals surface area contributed by atoms with Crippen LogP contribution in [0.1, 0.15) is 65.2 Å². The van der Waals surface area contributed by atoms with Crippen molar-refractivity contribution in [2.75, 3.05) is 25.0 Å². The van der Waals surface area contributed by atoms with Crippen LogP contribution in [0.4, 0.5) is 10.6 Å². The Morgan fingerprint density at radius 2 is 1.46 bits per heavy atom. The number of carbonyl (C=O) groups is 5. The lowest BCUT2D eigenvalue weighted by molar-refractivity contribution is -0.144. The number of rotatable bonds is 13. The SMILES string of the molecule is CC(C)[C@H](NC(=O)OCc1ccccc1)C(=O)N1CCC[C@H]1C(=O)N[C@H](C(=O)N1CCC[C@H]1C(=O)Nc1ncnc2c1ncn2[C@@H]1O[C@H](CO)[C@@H](O)[C@@H]1O)C(C)C. The number of aromatic nitrogens is 4. The van der Waals surface area contributed by atoms with Gasteiger partial charge in [-0.3, -0.25) is 23.7 Å². The lowest BCUT2D eigenvalue weighted by Crippen LogP contribution is -2.59. The molecule has 0 unspecified atom stereocenters. The Kier molecular flexibility index (Phi) is 13.0. The standard InChI is InChI=1S/C38H51N9O10/c1-20(2)26(42-33(51)23-12-8-14-45(23)36(54)27(21(3)4)43-38(55)56-17-22-10-6-5-7-11-22)35(53)46-15-9-13-24(46)34(52)44-31-28-32(40-18-39-31)47(19-41-28)37-30(50)29(49)25(16-48)57-37/h5-7,10-11,18-21,23-27,29-30,37,48-50H,8-9,12-17H2,1-4H3,(H,42,51)(H,43,55)(H,39,40,44,52)/t23-,24-,25+,26-,27-,29+,30-,37+/m0/s1. The van der Waals surface area contributed by atoms with Gasteiger partial charge < -0.3 is 50.5 Å². The van der Waals surface area contributed by atoms with Crippen molar-refractivity contribution in [3.05, 3.63) is 48.5 Å². The maximum atomic E-state index is 14.1. The fraction of sp³-hybridized carbons (Fsp3) is 0.579. The Balaban J connectivity index is 1.10. The zero-order chi connectivity index (χ0) is 41.0. The van der Waals surface area contributed by atoms with Crippen LogP contribution in [0.5, 0.6) is 0 Å². The van der Waals surface area contributed by atoms with Crippen molar-refractivity contribution in [1.82, 2.24) is 40.0 Å². The smallest absolute Gasteiger partial charge is 0.408 e. The highest BCUT2D eigenvalue weighted by Crippen LogP contribution is 2.32. The van der Waals surface area contributed by atoms with Gasteiger partial charge in [0.1, 0.15) is 55.4 Å². The molecule has 3 aliphatic heterocycles. The van der Waals surface area contributed by atoms with Crippen molar-refractivity contribution < 1.29 is 48.8 Å². The van der Waals surface area contributed by atoms with Crippen molar-refractivity contribution in [2.45, 2.75) is 109 Å². The molecule has 1 aromatic carbocycles. The molecule has 6 rings (SSSR count). The van der Waals surface area contributed by atoms with Crippen molar-refractivity contribution in [2.24, 2.45) is 11.8 Å². The largest absolute Gasteiger partial charge is 0.445 e. The summed E-state index contributed by atoms with van der Waals surface area (Å²) in [5.74, 6) is -2.54. The zero-order valence-corrected chi connectivity index (χ0v) is 32.4. The van der Waals surface area contributed by atoms with E-state index in [2.05, 4.69) is 30.9 Å². The number of benzene rings is 1. The number of anilines is 1. The molecule has 0 radical (unpaired) electrons. The van der Waals surface area contributed by atoms with Crippen LogP contribution >= 0.6 is 0 Å². The number of carbonyl (C=O) groups excluding carboxylic acids is 5. The molecule has 308 valence electrons. The minimum absolute atomic E-state index is 0.0297. The lowest BCUT2D eigenvalue weighted by atomic mass is 10.0. The molecular formula is C38H51N9O10. The van der Waals surface area contributed by atoms with Crippen LogP contribution in [0.2, 0.25) is 0 Å². The molecule has 3 aliphatic rings. The number of aliphatic hydroxyl groups excluding tert-OH is 3. The second-order valence-electron chi connectivity index (χ2n) is 15.3. The number of aliphatic hydroxyl groups is 3. The molecule has 5 heterocycles. The van der Waals surface area contributed by atoms with Gasteiger partial charge in [0.05, 0.1) is 12.9 Å². The molecule has 0 bridgehead atoms. The average molecular weight is 794 g/mol. The number of likely N-dealkylation sites (tertiary alicyclic amines) is 2. The van der Waals surface area contributed by atoms with Gasteiger partial charge in [0.25, 0.3) is 0 Å². The molecule has 3 fully saturated rings. The first-order valence-electron chi connectivity index (χ1n) is 19.3. The first-order chi connectivity index (χ1) is 27.3. The molecule has 57 heavy (non-hydrogen) atoms. The summed E-state index contributed by atoms with van der Waals surface area (Å²) in [6.45, 7) is 7.23. The van der Waals surface area contributed by atoms with Crippen molar-refractivity contribution in [3.63, 3.8) is 0 Å². The monoisotopic (exact) mass is 793 g/mol. The van der Waals surface area contributed by atoms with Crippen LogP contribution in [0, 0.1) is 11.8 Å². The van der Waals surface area contributed by atoms with Gasteiger partial charge in [-0.2, -0.15) is 0 Å². The Morgan fingerprint density at radius 3 is 2.05 bits per heavy atom. The van der Waals surface area contributed by atoms with Gasteiger partial charge >= 0.3 is 6.09 Å². The van der Waals surface area contributed by atoms with Crippen LogP contribution in [0.15, 0.2) is 43.0 Å². The van der Waals surface area contributed by atoms with E-state index in [1.54, 1.807) is 27.7 Å². The Labute approximate surface area is 329 Å². The third kappa shape index (κ3) is 8.85. The number of ether oxygens (including phenoxy) is 2. The molecule has 8 atom stereocenters. The number of imidazole rings is 1. The number of fused-ring (bicyclic) bond motifs is 1. The van der Waals surface area contributed by atoms with Crippen LogP contribution in [0.25, 0.3) is 11.2 Å². The van der Waals surface area contributed by atoms with E-state index in [9.17, 15) is 39.3 Å². The highest BCUT2D eigenvalue weighted by atomic mass is 16.6. The van der Waals surface area contributed by atoms with E-state index < -0.39 is 85.0 Å². The molecule has 0 spiro atoms. The first kappa shape index (κ1) is 41.4. The van der Waals surface area contributed by atoms with E-state index in [4.69, 9.17) is 9.47 Å². The summed E-state index contributed by atoms with van der Waals surface area (Å²) in [6, 6.07) is 5.41. The normalized spacial score (nSPS) is 24.5. The molecule has 3 saturated heterocycles. The maximum Gasteiger partial charge on any atom is 0.408 e. The van der Waals surface area contributed by atoms with Gasteiger partial charge in [-0.1, -0.05) is 58.0 Å². The van der Waals surface area contributed by atoms with Crippen LogP contribution in [-0.2, 0) is 35.3 Å². The summed E-state index contributed by atoms with van der Waals surface area (Å²) in [4.78, 5) is 84.0. The van der Waals surface area contributed by atoms with E-state index >= 15 is 0 Å². The van der Waals surface area contributed by atoms with Crippen LogP contribution in [0.3, 0.4) is 0 Å². The lowest BCUT2D eigenvalue weighted by Gasteiger charge is -2.33. The predicted octanol–water partition coefficient (Wildman–Crippen LogP) is 0.450. The van der Waals surface area contributed by atoms with Crippen LogP contribution < -0.4 is 16.0 Å². The maximum absolute atomic E-state index is 14.1. The Hall–Kier alpha value is -5.24. The minimum atomic E-state index is -1.38. The first-order valence-corrected chi connectivity index (χ1v) is 19.3. The fourth-order valence-corrected chi connectivity index (χ4v) is 7.57. The highest BCUT2D eigenvalue weighted by molar-refractivity contribution is 6.02. The molecular weight excluding hydrogens is 742 g/mol. The average Bonchev–Trinajstić information content (AvgIpc) is 4.02. The number of hydrogen-bond donors (Lipinski definition) is 6. The topological polar surface area (TPSA) is 251 Å².